The first-order chi connectivity index (χ1) is 9.52. The summed E-state index contributed by atoms with van der Waals surface area (Å²) in [6.07, 6.45) is 0. The molecular formula is C14H15NO4S. The van der Waals surface area contributed by atoms with Gasteiger partial charge >= 0.3 is 0 Å². The Morgan fingerprint density at radius 1 is 1.20 bits per heavy atom. The molecule has 1 fully saturated rings. The standard InChI is InChI=1S/C14H15NO4S/c16-9-1-2-12-3-5-13(6-4-12)14(17)15-7-10-20(18,19)11-8-15/h3-6,16H,7-11H2. The quantitative estimate of drug-likeness (QED) is 0.734. The number of rotatable bonds is 1. The van der Waals surface area contributed by atoms with Crippen LogP contribution < -0.4 is 0 Å². The van der Waals surface area contributed by atoms with Crippen molar-refractivity contribution in [2.24, 2.45) is 0 Å². The van der Waals surface area contributed by atoms with Crippen molar-refractivity contribution in [1.29, 1.82) is 0 Å². The summed E-state index contributed by atoms with van der Waals surface area (Å²) in [5.74, 6) is 5.16. The maximum atomic E-state index is 12.2. The highest BCUT2D eigenvalue weighted by Gasteiger charge is 2.25. The van der Waals surface area contributed by atoms with Crippen molar-refractivity contribution in [3.05, 3.63) is 35.4 Å². The highest BCUT2D eigenvalue weighted by Crippen LogP contribution is 2.11. The van der Waals surface area contributed by atoms with Crippen LogP contribution in [0.5, 0.6) is 0 Å². The average molecular weight is 293 g/mol. The van der Waals surface area contributed by atoms with E-state index in [1.165, 1.54) is 0 Å². The third-order valence-electron chi connectivity index (χ3n) is 3.08. The van der Waals surface area contributed by atoms with Gasteiger partial charge in [-0.2, -0.15) is 0 Å². The molecule has 1 aliphatic rings. The number of benzene rings is 1. The Labute approximate surface area is 118 Å². The Hall–Kier alpha value is -1.84. The van der Waals surface area contributed by atoms with E-state index < -0.39 is 9.84 Å². The minimum Gasteiger partial charge on any atom is -0.384 e. The van der Waals surface area contributed by atoms with E-state index in [0.717, 1.165) is 5.56 Å². The van der Waals surface area contributed by atoms with Crippen molar-refractivity contribution in [3.63, 3.8) is 0 Å². The van der Waals surface area contributed by atoms with Crippen LogP contribution in [0.15, 0.2) is 24.3 Å². The van der Waals surface area contributed by atoms with E-state index >= 15 is 0 Å². The van der Waals surface area contributed by atoms with Crippen LogP contribution in [0.4, 0.5) is 0 Å². The molecule has 2 rings (SSSR count). The SMILES string of the molecule is O=C(c1ccc(C#CCO)cc1)N1CCS(=O)(=O)CC1. The third kappa shape index (κ3) is 3.59. The van der Waals surface area contributed by atoms with Crippen LogP contribution >= 0.6 is 0 Å². The number of hydrogen-bond donors (Lipinski definition) is 1. The molecule has 0 aromatic heterocycles. The zero-order valence-electron chi connectivity index (χ0n) is 10.9. The van der Waals surface area contributed by atoms with Crippen LogP contribution in [0.3, 0.4) is 0 Å². The molecule has 106 valence electrons. The van der Waals surface area contributed by atoms with Crippen molar-refractivity contribution < 1.29 is 18.3 Å². The Kier molecular flexibility index (Phi) is 4.42. The third-order valence-corrected chi connectivity index (χ3v) is 4.68. The Morgan fingerprint density at radius 2 is 1.80 bits per heavy atom. The monoisotopic (exact) mass is 293 g/mol. The molecule has 0 bridgehead atoms. The molecule has 0 saturated carbocycles. The van der Waals surface area contributed by atoms with Gasteiger partial charge in [0.2, 0.25) is 0 Å². The van der Waals surface area contributed by atoms with Crippen LogP contribution in [0, 0.1) is 11.8 Å². The fourth-order valence-corrected chi connectivity index (χ4v) is 3.14. The second-order valence-electron chi connectivity index (χ2n) is 4.48. The van der Waals surface area contributed by atoms with Gasteiger partial charge in [0, 0.05) is 24.2 Å². The zero-order chi connectivity index (χ0) is 14.6. The minimum atomic E-state index is -2.98. The molecule has 5 nitrogen and oxygen atoms in total. The van der Waals surface area contributed by atoms with Crippen LogP contribution in [-0.2, 0) is 9.84 Å². The van der Waals surface area contributed by atoms with E-state index in [2.05, 4.69) is 11.8 Å². The Morgan fingerprint density at radius 3 is 2.35 bits per heavy atom. The lowest BCUT2D eigenvalue weighted by Crippen LogP contribution is -2.43. The predicted octanol–water partition coefficient (Wildman–Crippen LogP) is -0.0990. The summed E-state index contributed by atoms with van der Waals surface area (Å²) in [5.41, 5.74) is 1.23. The van der Waals surface area contributed by atoms with Crippen molar-refractivity contribution in [2.45, 2.75) is 0 Å². The lowest BCUT2D eigenvalue weighted by atomic mass is 10.1. The molecule has 1 N–H and O–H groups in total. The van der Waals surface area contributed by atoms with E-state index in [1.54, 1.807) is 29.2 Å². The van der Waals surface area contributed by atoms with Crippen LogP contribution in [0.1, 0.15) is 15.9 Å². The van der Waals surface area contributed by atoms with Gasteiger partial charge in [-0.1, -0.05) is 11.8 Å². The summed E-state index contributed by atoms with van der Waals surface area (Å²) in [6, 6.07) is 6.73. The van der Waals surface area contributed by atoms with Gasteiger partial charge in [0.15, 0.2) is 9.84 Å². The molecule has 1 heterocycles. The summed E-state index contributed by atoms with van der Waals surface area (Å²) in [7, 11) is -2.98. The van der Waals surface area contributed by atoms with E-state index in [0.29, 0.717) is 5.56 Å². The lowest BCUT2D eigenvalue weighted by Gasteiger charge is -2.26. The van der Waals surface area contributed by atoms with E-state index in [4.69, 9.17) is 5.11 Å². The van der Waals surface area contributed by atoms with Gasteiger partial charge in [-0.25, -0.2) is 8.42 Å². The molecular weight excluding hydrogens is 278 g/mol. The minimum absolute atomic E-state index is 0.0266. The first-order valence-corrected chi connectivity index (χ1v) is 8.03. The fourth-order valence-electron chi connectivity index (χ4n) is 1.94. The summed E-state index contributed by atoms with van der Waals surface area (Å²) < 4.78 is 22.7. The molecule has 1 saturated heterocycles. The second kappa shape index (κ2) is 6.07. The van der Waals surface area contributed by atoms with E-state index in [1.807, 2.05) is 0 Å². The zero-order valence-corrected chi connectivity index (χ0v) is 11.7. The molecule has 1 aromatic carbocycles. The molecule has 1 aliphatic heterocycles. The van der Waals surface area contributed by atoms with Gasteiger partial charge in [-0.05, 0) is 24.3 Å². The van der Waals surface area contributed by atoms with E-state index in [9.17, 15) is 13.2 Å². The highest BCUT2D eigenvalue weighted by molar-refractivity contribution is 7.91. The Bertz CT molecular complexity index is 639. The molecule has 0 atom stereocenters. The van der Waals surface area contributed by atoms with Crippen molar-refractivity contribution in [3.8, 4) is 11.8 Å². The molecule has 6 heteroatoms. The number of hydrogen-bond acceptors (Lipinski definition) is 4. The highest BCUT2D eigenvalue weighted by atomic mass is 32.2. The molecule has 0 unspecified atom stereocenters. The average Bonchev–Trinajstić information content (AvgIpc) is 2.45. The van der Waals surface area contributed by atoms with Crippen molar-refractivity contribution >= 4 is 15.7 Å². The first kappa shape index (κ1) is 14.6. The number of carbonyl (C=O) groups is 1. The lowest BCUT2D eigenvalue weighted by molar-refractivity contribution is 0.0770. The molecule has 1 aromatic rings. The maximum absolute atomic E-state index is 12.2. The van der Waals surface area contributed by atoms with Crippen LogP contribution in [0.2, 0.25) is 0 Å². The van der Waals surface area contributed by atoms with Crippen molar-refractivity contribution in [2.75, 3.05) is 31.2 Å². The normalized spacial score (nSPS) is 17.1. The number of aliphatic hydroxyl groups is 1. The molecule has 0 aliphatic carbocycles. The molecule has 0 radical (unpaired) electrons. The molecule has 0 spiro atoms. The van der Waals surface area contributed by atoms with Crippen LogP contribution in [0.25, 0.3) is 0 Å². The molecule has 1 amide bonds. The number of amides is 1. The number of sulfone groups is 1. The number of carbonyl (C=O) groups excluding carboxylic acids is 1. The summed E-state index contributed by atoms with van der Waals surface area (Å²) in [6.45, 7) is 0.281. The largest absolute Gasteiger partial charge is 0.384 e. The smallest absolute Gasteiger partial charge is 0.253 e. The van der Waals surface area contributed by atoms with Gasteiger partial charge in [-0.3, -0.25) is 4.79 Å². The summed E-state index contributed by atoms with van der Waals surface area (Å²) >= 11 is 0. The maximum Gasteiger partial charge on any atom is 0.253 e. The van der Waals surface area contributed by atoms with E-state index in [-0.39, 0.29) is 37.1 Å². The fraction of sp³-hybridized carbons (Fsp3) is 0.357. The Balaban J connectivity index is 2.06. The number of aliphatic hydroxyl groups excluding tert-OH is 1. The van der Waals surface area contributed by atoms with Gasteiger partial charge in [0.05, 0.1) is 11.5 Å². The first-order valence-electron chi connectivity index (χ1n) is 6.21. The van der Waals surface area contributed by atoms with Gasteiger partial charge in [0.25, 0.3) is 5.91 Å². The van der Waals surface area contributed by atoms with Crippen molar-refractivity contribution in [1.82, 2.24) is 4.90 Å². The van der Waals surface area contributed by atoms with Crippen LogP contribution in [-0.4, -0.2) is 55.5 Å². The predicted molar refractivity (Wildman–Crippen MR) is 75.0 cm³/mol. The summed E-state index contributed by atoms with van der Waals surface area (Å²) in [5, 5.41) is 8.60. The van der Waals surface area contributed by atoms with Gasteiger partial charge in [-0.15, -0.1) is 0 Å². The number of nitrogens with zero attached hydrogens (tertiary/aromatic N) is 1. The topological polar surface area (TPSA) is 74.7 Å². The molecule has 20 heavy (non-hydrogen) atoms. The second-order valence-corrected chi connectivity index (χ2v) is 6.78. The van der Waals surface area contributed by atoms with Gasteiger partial charge in [0.1, 0.15) is 6.61 Å². The summed E-state index contributed by atoms with van der Waals surface area (Å²) in [4.78, 5) is 13.7. The van der Waals surface area contributed by atoms with Gasteiger partial charge < -0.3 is 10.0 Å².